The highest BCUT2D eigenvalue weighted by atomic mass is 19.1. The van der Waals surface area contributed by atoms with Gasteiger partial charge in [-0.25, -0.2) is 4.39 Å². The van der Waals surface area contributed by atoms with E-state index in [2.05, 4.69) is 16.8 Å². The summed E-state index contributed by atoms with van der Waals surface area (Å²) in [7, 11) is 2.14. The number of rotatable bonds is 2. The highest BCUT2D eigenvalue weighted by molar-refractivity contribution is 5.54. The Labute approximate surface area is 117 Å². The van der Waals surface area contributed by atoms with Crippen molar-refractivity contribution >= 4 is 11.4 Å². The number of fused-ring (bicyclic) bond motifs is 2. The van der Waals surface area contributed by atoms with Gasteiger partial charge in [-0.3, -0.25) is 15.0 Å². The Kier molecular flexibility index (Phi) is 3.33. The van der Waals surface area contributed by atoms with E-state index in [1.54, 1.807) is 0 Å². The molecular weight excluding hydrogens is 261 g/mol. The fourth-order valence-corrected chi connectivity index (χ4v) is 3.39. The van der Waals surface area contributed by atoms with Crippen molar-refractivity contribution in [1.82, 2.24) is 4.90 Å². The number of nitro benzene ring substituents is 1. The monoisotopic (exact) mass is 279 g/mol. The molecule has 1 aromatic rings. The van der Waals surface area contributed by atoms with Crippen LogP contribution in [-0.4, -0.2) is 42.0 Å². The van der Waals surface area contributed by atoms with Gasteiger partial charge in [0, 0.05) is 36.9 Å². The molecule has 6 heteroatoms. The third kappa shape index (κ3) is 2.35. The smallest absolute Gasteiger partial charge is 0.274 e. The summed E-state index contributed by atoms with van der Waals surface area (Å²) in [5.41, 5.74) is 0.445. The molecule has 2 heterocycles. The van der Waals surface area contributed by atoms with Crippen molar-refractivity contribution < 1.29 is 9.31 Å². The summed E-state index contributed by atoms with van der Waals surface area (Å²) >= 11 is 0. The summed E-state index contributed by atoms with van der Waals surface area (Å²) < 4.78 is 13.6. The first-order chi connectivity index (χ1) is 9.54. The summed E-state index contributed by atoms with van der Waals surface area (Å²) in [6, 6.07) is 4.89. The van der Waals surface area contributed by atoms with Gasteiger partial charge in [0.2, 0.25) is 0 Å². The molecule has 2 aliphatic heterocycles. The number of anilines is 1. The van der Waals surface area contributed by atoms with E-state index in [4.69, 9.17) is 0 Å². The van der Waals surface area contributed by atoms with Gasteiger partial charge in [0.25, 0.3) is 5.69 Å². The van der Waals surface area contributed by atoms with E-state index in [9.17, 15) is 14.5 Å². The number of nitro groups is 1. The zero-order chi connectivity index (χ0) is 14.3. The van der Waals surface area contributed by atoms with Gasteiger partial charge in [-0.2, -0.15) is 0 Å². The number of nitrogens with zero attached hydrogens (tertiary/aromatic N) is 3. The van der Waals surface area contributed by atoms with Gasteiger partial charge in [-0.1, -0.05) is 0 Å². The maximum atomic E-state index is 13.6. The van der Waals surface area contributed by atoms with Crippen molar-refractivity contribution in [2.24, 2.45) is 0 Å². The van der Waals surface area contributed by atoms with E-state index < -0.39 is 10.7 Å². The van der Waals surface area contributed by atoms with Crippen LogP contribution in [0.3, 0.4) is 0 Å². The van der Waals surface area contributed by atoms with Gasteiger partial charge in [0.15, 0.2) is 0 Å². The lowest BCUT2D eigenvalue weighted by molar-refractivity contribution is -0.385. The molecule has 0 aromatic heterocycles. The second kappa shape index (κ2) is 5.01. The Morgan fingerprint density at radius 3 is 2.75 bits per heavy atom. The molecule has 2 atom stereocenters. The normalized spacial score (nSPS) is 26.6. The highest BCUT2D eigenvalue weighted by Gasteiger charge is 2.34. The van der Waals surface area contributed by atoms with Crippen LogP contribution >= 0.6 is 0 Å². The summed E-state index contributed by atoms with van der Waals surface area (Å²) in [5, 5.41) is 10.8. The summed E-state index contributed by atoms with van der Waals surface area (Å²) in [4.78, 5) is 14.8. The molecule has 0 N–H and O–H groups in total. The second-order valence-electron chi connectivity index (χ2n) is 5.71. The van der Waals surface area contributed by atoms with Gasteiger partial charge in [0.05, 0.1) is 11.0 Å². The number of hydrogen-bond donors (Lipinski definition) is 0. The van der Waals surface area contributed by atoms with E-state index in [1.807, 2.05) is 0 Å². The molecule has 2 unspecified atom stereocenters. The maximum absolute atomic E-state index is 13.6. The molecular formula is C14H18FN3O2. The molecule has 3 rings (SSSR count). The third-order valence-corrected chi connectivity index (χ3v) is 4.59. The fourth-order valence-electron chi connectivity index (χ4n) is 3.39. The highest BCUT2D eigenvalue weighted by Crippen LogP contribution is 2.32. The van der Waals surface area contributed by atoms with Crippen molar-refractivity contribution in [1.29, 1.82) is 0 Å². The molecule has 0 saturated carbocycles. The van der Waals surface area contributed by atoms with Crippen LogP contribution in [-0.2, 0) is 0 Å². The summed E-state index contributed by atoms with van der Waals surface area (Å²) in [6.45, 7) is 1.64. The first-order valence-corrected chi connectivity index (χ1v) is 6.96. The average Bonchev–Trinajstić information content (AvgIpc) is 2.62. The van der Waals surface area contributed by atoms with Crippen LogP contribution in [0.4, 0.5) is 15.8 Å². The Morgan fingerprint density at radius 1 is 1.25 bits per heavy atom. The van der Waals surface area contributed by atoms with Crippen LogP contribution in [0.1, 0.15) is 19.3 Å². The molecule has 0 spiro atoms. The lowest BCUT2D eigenvalue weighted by atomic mass is 10.1. The van der Waals surface area contributed by atoms with Crippen LogP contribution in [0.5, 0.6) is 0 Å². The predicted octanol–water partition coefficient (Wildman–Crippen LogP) is 2.41. The lowest BCUT2D eigenvalue weighted by Gasteiger charge is -2.27. The SMILES string of the molecule is CN1C2CCC1CN(c1cc(F)cc([N+](=O)[O-])c1)CC2. The number of likely N-dealkylation sites (N-methyl/N-ethyl adjacent to an activating group) is 1. The third-order valence-electron chi connectivity index (χ3n) is 4.59. The zero-order valence-corrected chi connectivity index (χ0v) is 11.5. The summed E-state index contributed by atoms with van der Waals surface area (Å²) in [5.74, 6) is -0.544. The number of halogens is 1. The minimum Gasteiger partial charge on any atom is -0.370 e. The first-order valence-electron chi connectivity index (χ1n) is 6.96. The molecule has 5 nitrogen and oxygen atoms in total. The topological polar surface area (TPSA) is 49.6 Å². The number of benzene rings is 1. The van der Waals surface area contributed by atoms with E-state index >= 15 is 0 Å². The zero-order valence-electron chi connectivity index (χ0n) is 11.5. The van der Waals surface area contributed by atoms with Crippen LogP contribution in [0.25, 0.3) is 0 Å². The molecule has 0 radical (unpaired) electrons. The van der Waals surface area contributed by atoms with Crippen molar-refractivity contribution in [2.45, 2.75) is 31.3 Å². The second-order valence-corrected chi connectivity index (χ2v) is 5.71. The van der Waals surface area contributed by atoms with E-state index in [-0.39, 0.29) is 5.69 Å². The van der Waals surface area contributed by atoms with E-state index in [0.29, 0.717) is 17.8 Å². The molecule has 2 aliphatic rings. The average molecular weight is 279 g/mol. The van der Waals surface area contributed by atoms with Crippen LogP contribution in [0, 0.1) is 15.9 Å². The molecule has 2 fully saturated rings. The quantitative estimate of drug-likeness (QED) is 0.616. The number of hydrogen-bond acceptors (Lipinski definition) is 4. The standard InChI is InChI=1S/C14H18FN3O2/c1-16-11-2-3-12(16)9-17(5-4-11)13-6-10(15)7-14(8-13)18(19)20/h6-8,11-12H,2-5,9H2,1H3. The van der Waals surface area contributed by atoms with Crippen LogP contribution in [0.15, 0.2) is 18.2 Å². The molecule has 2 saturated heterocycles. The minimum absolute atomic E-state index is 0.178. The van der Waals surface area contributed by atoms with E-state index in [1.165, 1.54) is 18.6 Å². The molecule has 108 valence electrons. The molecule has 1 aromatic carbocycles. The lowest BCUT2D eigenvalue weighted by Crippen LogP contribution is -2.36. The van der Waals surface area contributed by atoms with Gasteiger partial charge in [-0.15, -0.1) is 0 Å². The largest absolute Gasteiger partial charge is 0.370 e. The van der Waals surface area contributed by atoms with Crippen LogP contribution in [0.2, 0.25) is 0 Å². The summed E-state index contributed by atoms with van der Waals surface area (Å²) in [6.07, 6.45) is 3.39. The van der Waals surface area contributed by atoms with E-state index in [0.717, 1.165) is 32.0 Å². The number of non-ortho nitro benzene ring substituents is 1. The van der Waals surface area contributed by atoms with Crippen molar-refractivity contribution in [3.05, 3.63) is 34.1 Å². The molecule has 0 amide bonds. The van der Waals surface area contributed by atoms with Gasteiger partial charge in [0.1, 0.15) is 5.82 Å². The van der Waals surface area contributed by atoms with Crippen molar-refractivity contribution in [2.75, 3.05) is 25.0 Å². The Hall–Kier alpha value is -1.69. The Morgan fingerprint density at radius 2 is 2.00 bits per heavy atom. The predicted molar refractivity (Wildman–Crippen MR) is 74.5 cm³/mol. The van der Waals surface area contributed by atoms with Gasteiger partial charge in [-0.05, 0) is 32.4 Å². The van der Waals surface area contributed by atoms with Crippen molar-refractivity contribution in [3.63, 3.8) is 0 Å². The minimum atomic E-state index is -0.544. The van der Waals surface area contributed by atoms with Gasteiger partial charge >= 0.3 is 0 Å². The maximum Gasteiger partial charge on any atom is 0.274 e. The molecule has 20 heavy (non-hydrogen) atoms. The fraction of sp³-hybridized carbons (Fsp3) is 0.571. The van der Waals surface area contributed by atoms with Crippen molar-refractivity contribution in [3.8, 4) is 0 Å². The van der Waals surface area contributed by atoms with Crippen LogP contribution < -0.4 is 4.90 Å². The van der Waals surface area contributed by atoms with Gasteiger partial charge < -0.3 is 4.90 Å². The molecule has 0 aliphatic carbocycles. The Balaban J connectivity index is 1.87. The molecule has 2 bridgehead atoms. The Bertz CT molecular complexity index is 537. The first kappa shape index (κ1) is 13.3.